The first kappa shape index (κ1) is 15.7. The van der Waals surface area contributed by atoms with E-state index in [4.69, 9.17) is 0 Å². The molecule has 0 N–H and O–H groups in total. The van der Waals surface area contributed by atoms with Crippen LogP contribution in [0.3, 0.4) is 0 Å². The summed E-state index contributed by atoms with van der Waals surface area (Å²) in [5.41, 5.74) is 1.82. The van der Waals surface area contributed by atoms with Crippen LogP contribution in [0.5, 0.6) is 0 Å². The summed E-state index contributed by atoms with van der Waals surface area (Å²) in [6, 6.07) is 6.48. The number of aryl methyl sites for hydroxylation is 1. The molecule has 0 bridgehead atoms. The fraction of sp³-hybridized carbons (Fsp3) is 0.294. The van der Waals surface area contributed by atoms with Crippen LogP contribution in [-0.2, 0) is 4.79 Å². The molecule has 0 atom stereocenters. The number of rotatable bonds is 3. The van der Waals surface area contributed by atoms with Gasteiger partial charge in [0.15, 0.2) is 0 Å². The van der Waals surface area contributed by atoms with Gasteiger partial charge in [0, 0.05) is 43.3 Å². The van der Waals surface area contributed by atoms with E-state index in [-0.39, 0.29) is 11.7 Å². The van der Waals surface area contributed by atoms with Gasteiger partial charge in [0.05, 0.1) is 10.7 Å². The van der Waals surface area contributed by atoms with Gasteiger partial charge in [-0.1, -0.05) is 0 Å². The van der Waals surface area contributed by atoms with Crippen molar-refractivity contribution in [3.63, 3.8) is 0 Å². The Morgan fingerprint density at radius 2 is 1.91 bits per heavy atom. The Kier molecular flexibility index (Phi) is 4.71. The summed E-state index contributed by atoms with van der Waals surface area (Å²) in [6.07, 6.45) is 3.35. The van der Waals surface area contributed by atoms with E-state index >= 15 is 0 Å². The number of aromatic nitrogens is 1. The highest BCUT2D eigenvalue weighted by Gasteiger charge is 2.19. The van der Waals surface area contributed by atoms with Gasteiger partial charge < -0.3 is 9.80 Å². The molecule has 6 heteroatoms. The lowest BCUT2D eigenvalue weighted by molar-refractivity contribution is -0.126. The van der Waals surface area contributed by atoms with Crippen molar-refractivity contribution in [3.8, 4) is 0 Å². The van der Waals surface area contributed by atoms with E-state index in [2.05, 4.69) is 9.88 Å². The third-order valence-electron chi connectivity index (χ3n) is 3.82. The number of thiazole rings is 1. The second-order valence-electron chi connectivity index (χ2n) is 5.41. The van der Waals surface area contributed by atoms with Crippen molar-refractivity contribution < 1.29 is 9.18 Å². The number of halogens is 1. The Morgan fingerprint density at radius 1 is 1.22 bits per heavy atom. The molecule has 2 heterocycles. The summed E-state index contributed by atoms with van der Waals surface area (Å²) in [7, 11) is 0. The van der Waals surface area contributed by atoms with Gasteiger partial charge in [0.25, 0.3) is 0 Å². The quantitative estimate of drug-likeness (QED) is 0.812. The topological polar surface area (TPSA) is 36.4 Å². The number of benzene rings is 1. The first-order valence-corrected chi connectivity index (χ1v) is 8.39. The molecule has 1 aliphatic heterocycles. The molecule has 3 rings (SSSR count). The van der Waals surface area contributed by atoms with Crippen molar-refractivity contribution in [1.29, 1.82) is 0 Å². The number of hydrogen-bond donors (Lipinski definition) is 0. The van der Waals surface area contributed by atoms with Crippen molar-refractivity contribution in [3.05, 3.63) is 52.2 Å². The van der Waals surface area contributed by atoms with Gasteiger partial charge in [-0.3, -0.25) is 4.79 Å². The molecule has 1 saturated heterocycles. The zero-order valence-corrected chi connectivity index (χ0v) is 13.7. The van der Waals surface area contributed by atoms with Gasteiger partial charge in [-0.25, -0.2) is 9.37 Å². The summed E-state index contributed by atoms with van der Waals surface area (Å²) < 4.78 is 13.0. The predicted molar refractivity (Wildman–Crippen MR) is 91.1 cm³/mol. The van der Waals surface area contributed by atoms with E-state index in [0.29, 0.717) is 13.1 Å². The summed E-state index contributed by atoms with van der Waals surface area (Å²) in [5.74, 6) is -0.223. The molecule has 0 radical (unpaired) electrons. The van der Waals surface area contributed by atoms with Crippen molar-refractivity contribution in [1.82, 2.24) is 9.88 Å². The van der Waals surface area contributed by atoms with Gasteiger partial charge in [-0.15, -0.1) is 11.3 Å². The predicted octanol–water partition coefficient (Wildman–Crippen LogP) is 2.95. The van der Waals surface area contributed by atoms with Crippen LogP contribution in [-0.4, -0.2) is 42.0 Å². The van der Waals surface area contributed by atoms with Crippen molar-refractivity contribution >= 4 is 29.0 Å². The number of amides is 1. The summed E-state index contributed by atoms with van der Waals surface area (Å²) in [4.78, 5) is 20.5. The van der Waals surface area contributed by atoms with E-state index in [1.165, 1.54) is 12.1 Å². The average molecular weight is 331 g/mol. The lowest BCUT2D eigenvalue weighted by Gasteiger charge is -2.35. The highest BCUT2D eigenvalue weighted by molar-refractivity contribution is 7.09. The summed E-state index contributed by atoms with van der Waals surface area (Å²) >= 11 is 1.57. The number of anilines is 1. The lowest BCUT2D eigenvalue weighted by Crippen LogP contribution is -2.48. The van der Waals surface area contributed by atoms with Crippen LogP contribution >= 0.6 is 11.3 Å². The zero-order valence-electron chi connectivity index (χ0n) is 12.9. The minimum Gasteiger partial charge on any atom is -0.368 e. The van der Waals surface area contributed by atoms with Gasteiger partial charge >= 0.3 is 0 Å². The molecule has 1 amide bonds. The smallest absolute Gasteiger partial charge is 0.246 e. The van der Waals surface area contributed by atoms with Gasteiger partial charge in [0.1, 0.15) is 5.82 Å². The monoisotopic (exact) mass is 331 g/mol. The van der Waals surface area contributed by atoms with Gasteiger partial charge in [0.2, 0.25) is 5.91 Å². The van der Waals surface area contributed by atoms with E-state index in [1.807, 2.05) is 17.2 Å². The maximum atomic E-state index is 13.0. The third-order valence-corrected chi connectivity index (χ3v) is 4.61. The molecule has 120 valence electrons. The van der Waals surface area contributed by atoms with Crippen LogP contribution in [0.15, 0.2) is 35.7 Å². The number of hydrogen-bond acceptors (Lipinski definition) is 4. The van der Waals surface area contributed by atoms with E-state index in [1.54, 1.807) is 35.6 Å². The molecule has 1 aromatic carbocycles. The van der Waals surface area contributed by atoms with Crippen molar-refractivity contribution in [2.24, 2.45) is 0 Å². The van der Waals surface area contributed by atoms with Crippen LogP contribution in [0.4, 0.5) is 10.1 Å². The molecule has 4 nitrogen and oxygen atoms in total. The van der Waals surface area contributed by atoms with Gasteiger partial charge in [-0.2, -0.15) is 0 Å². The summed E-state index contributed by atoms with van der Waals surface area (Å²) in [5, 5.41) is 2.93. The Balaban J connectivity index is 1.55. The van der Waals surface area contributed by atoms with E-state index in [9.17, 15) is 9.18 Å². The fourth-order valence-electron chi connectivity index (χ4n) is 2.56. The number of carbonyl (C=O) groups excluding carboxylic acids is 1. The van der Waals surface area contributed by atoms with E-state index in [0.717, 1.165) is 29.5 Å². The van der Waals surface area contributed by atoms with Crippen molar-refractivity contribution in [2.45, 2.75) is 6.92 Å². The molecule has 0 aliphatic carbocycles. The molecule has 1 aromatic heterocycles. The highest BCUT2D eigenvalue weighted by Crippen LogP contribution is 2.17. The van der Waals surface area contributed by atoms with Crippen LogP contribution in [0.2, 0.25) is 0 Å². The Morgan fingerprint density at radius 3 is 2.52 bits per heavy atom. The largest absolute Gasteiger partial charge is 0.368 e. The second-order valence-corrected chi connectivity index (χ2v) is 6.48. The Hall–Kier alpha value is -2.21. The molecule has 0 unspecified atom stereocenters. The zero-order chi connectivity index (χ0) is 16.2. The third kappa shape index (κ3) is 3.96. The number of nitrogens with zero attached hydrogens (tertiary/aromatic N) is 3. The average Bonchev–Trinajstić information content (AvgIpc) is 2.99. The maximum absolute atomic E-state index is 13.0. The summed E-state index contributed by atoms with van der Waals surface area (Å²) in [6.45, 7) is 4.77. The second kappa shape index (κ2) is 6.91. The molecular weight excluding hydrogens is 313 g/mol. The van der Waals surface area contributed by atoms with Crippen LogP contribution in [0, 0.1) is 12.7 Å². The normalized spacial score (nSPS) is 15.4. The Labute approximate surface area is 138 Å². The van der Waals surface area contributed by atoms with Gasteiger partial charge in [-0.05, 0) is 37.3 Å². The lowest BCUT2D eigenvalue weighted by atomic mass is 10.2. The molecule has 1 aliphatic rings. The Bertz CT molecular complexity index is 703. The van der Waals surface area contributed by atoms with Crippen LogP contribution in [0.25, 0.3) is 6.08 Å². The first-order chi connectivity index (χ1) is 11.1. The standard InChI is InChI=1S/C17H18FN3OS/c1-13-19-15(12-23-13)4-7-17(22)21-10-8-20(9-11-21)16-5-2-14(18)3-6-16/h2-7,12H,8-11H2,1H3/b7-4+. The van der Waals surface area contributed by atoms with Crippen LogP contribution < -0.4 is 4.90 Å². The van der Waals surface area contributed by atoms with Crippen LogP contribution in [0.1, 0.15) is 10.7 Å². The van der Waals surface area contributed by atoms with E-state index < -0.39 is 0 Å². The fourth-order valence-corrected chi connectivity index (χ4v) is 3.14. The maximum Gasteiger partial charge on any atom is 0.246 e. The SMILES string of the molecule is Cc1nc(/C=C/C(=O)N2CCN(c3ccc(F)cc3)CC2)cs1. The molecule has 23 heavy (non-hydrogen) atoms. The molecule has 0 spiro atoms. The highest BCUT2D eigenvalue weighted by atomic mass is 32.1. The molecule has 1 fully saturated rings. The molecular formula is C17H18FN3OS. The number of carbonyl (C=O) groups is 1. The molecule has 0 saturated carbocycles. The minimum absolute atomic E-state index is 0.00871. The first-order valence-electron chi connectivity index (χ1n) is 7.51. The van der Waals surface area contributed by atoms with Crippen molar-refractivity contribution in [2.75, 3.05) is 31.1 Å². The molecule has 2 aromatic rings. The minimum atomic E-state index is -0.232. The number of piperazine rings is 1.